The highest BCUT2D eigenvalue weighted by atomic mass is 16.5. The van der Waals surface area contributed by atoms with E-state index in [1.54, 1.807) is 7.11 Å². The van der Waals surface area contributed by atoms with E-state index in [1.165, 1.54) is 28.5 Å². The third-order valence-electron chi connectivity index (χ3n) is 6.64. The minimum absolute atomic E-state index is 0.0783. The van der Waals surface area contributed by atoms with Crippen LogP contribution in [-0.2, 0) is 17.6 Å². The number of hydrogen-bond acceptors (Lipinski definition) is 3. The summed E-state index contributed by atoms with van der Waals surface area (Å²) >= 11 is 0. The first-order valence-corrected chi connectivity index (χ1v) is 10.9. The molecule has 0 atom stereocenters. The van der Waals surface area contributed by atoms with Crippen molar-refractivity contribution in [1.82, 2.24) is 9.88 Å². The van der Waals surface area contributed by atoms with Crippen molar-refractivity contribution in [1.29, 1.82) is 0 Å². The maximum absolute atomic E-state index is 12.7. The second-order valence-electron chi connectivity index (χ2n) is 8.38. The van der Waals surface area contributed by atoms with E-state index in [-0.39, 0.29) is 12.5 Å². The molecule has 0 bridgehead atoms. The Labute approximate surface area is 177 Å². The van der Waals surface area contributed by atoms with Gasteiger partial charge in [0.1, 0.15) is 11.5 Å². The summed E-state index contributed by atoms with van der Waals surface area (Å²) in [7, 11) is 1.70. The Morgan fingerprint density at radius 2 is 1.87 bits per heavy atom. The number of nitrogens with zero attached hydrogens (tertiary/aromatic N) is 1. The van der Waals surface area contributed by atoms with E-state index >= 15 is 0 Å². The molecule has 1 aromatic heterocycles. The first-order valence-electron chi connectivity index (χ1n) is 10.9. The van der Waals surface area contributed by atoms with Gasteiger partial charge in [0.15, 0.2) is 6.61 Å². The van der Waals surface area contributed by atoms with Gasteiger partial charge in [0, 0.05) is 30.2 Å². The van der Waals surface area contributed by atoms with Crippen LogP contribution in [0.15, 0.2) is 42.6 Å². The summed E-state index contributed by atoms with van der Waals surface area (Å²) in [6.07, 6.45) is 7.54. The molecule has 3 aromatic rings. The molecule has 1 saturated heterocycles. The van der Waals surface area contributed by atoms with Crippen molar-refractivity contribution in [3.63, 3.8) is 0 Å². The molecular weight excluding hydrogens is 376 g/mol. The first-order chi connectivity index (χ1) is 14.7. The predicted octanol–water partition coefficient (Wildman–Crippen LogP) is 4.45. The van der Waals surface area contributed by atoms with Gasteiger partial charge in [0.2, 0.25) is 0 Å². The Hall–Kier alpha value is -2.95. The Morgan fingerprint density at radius 3 is 2.70 bits per heavy atom. The summed E-state index contributed by atoms with van der Waals surface area (Å²) in [6, 6.07) is 12.4. The van der Waals surface area contributed by atoms with Crippen LogP contribution in [0.3, 0.4) is 0 Å². The number of aryl methyl sites for hydroxylation is 2. The van der Waals surface area contributed by atoms with E-state index in [4.69, 9.17) is 9.47 Å². The highest BCUT2D eigenvalue weighted by Crippen LogP contribution is 2.34. The molecule has 5 rings (SSSR count). The van der Waals surface area contributed by atoms with Gasteiger partial charge in [0.25, 0.3) is 5.91 Å². The van der Waals surface area contributed by atoms with Gasteiger partial charge in [-0.2, -0.15) is 0 Å². The quantitative estimate of drug-likeness (QED) is 0.684. The highest BCUT2D eigenvalue weighted by Gasteiger charge is 2.26. The number of aromatic amines is 1. The molecule has 2 aromatic carbocycles. The van der Waals surface area contributed by atoms with E-state index < -0.39 is 0 Å². The molecule has 0 unspecified atom stereocenters. The van der Waals surface area contributed by atoms with Gasteiger partial charge in [-0.3, -0.25) is 4.79 Å². The van der Waals surface area contributed by atoms with Gasteiger partial charge in [-0.15, -0.1) is 0 Å². The number of methoxy groups -OCH3 is 1. The Bertz CT molecular complexity index is 1060. The molecule has 1 fully saturated rings. The number of amides is 1. The molecule has 1 aliphatic heterocycles. The zero-order valence-electron chi connectivity index (χ0n) is 17.4. The molecule has 1 amide bonds. The third kappa shape index (κ3) is 3.64. The number of fused-ring (bicyclic) bond motifs is 2. The van der Waals surface area contributed by atoms with E-state index in [0.29, 0.717) is 5.92 Å². The zero-order chi connectivity index (χ0) is 20.5. The summed E-state index contributed by atoms with van der Waals surface area (Å²) in [4.78, 5) is 18.0. The minimum atomic E-state index is 0.0783. The molecular formula is C25H28N2O3. The van der Waals surface area contributed by atoms with Crippen LogP contribution < -0.4 is 9.47 Å². The summed E-state index contributed by atoms with van der Waals surface area (Å²) in [5.41, 5.74) is 5.25. The van der Waals surface area contributed by atoms with Crippen LogP contribution >= 0.6 is 0 Å². The molecule has 0 saturated carbocycles. The normalized spacial score (nSPS) is 16.6. The number of H-pyrrole nitrogens is 1. The zero-order valence-corrected chi connectivity index (χ0v) is 17.4. The number of aromatic nitrogens is 1. The van der Waals surface area contributed by atoms with Gasteiger partial charge < -0.3 is 19.4 Å². The maximum atomic E-state index is 12.7. The number of hydrogen-bond donors (Lipinski definition) is 1. The average Bonchev–Trinajstić information content (AvgIpc) is 3.43. The fourth-order valence-corrected chi connectivity index (χ4v) is 4.90. The summed E-state index contributed by atoms with van der Waals surface area (Å²) < 4.78 is 11.2. The van der Waals surface area contributed by atoms with E-state index in [0.717, 1.165) is 55.8 Å². The Morgan fingerprint density at radius 1 is 1.07 bits per heavy atom. The van der Waals surface area contributed by atoms with Crippen LogP contribution in [0.5, 0.6) is 11.5 Å². The van der Waals surface area contributed by atoms with Crippen LogP contribution in [0.2, 0.25) is 0 Å². The van der Waals surface area contributed by atoms with Gasteiger partial charge in [-0.1, -0.05) is 6.07 Å². The number of nitrogens with one attached hydrogen (secondary N) is 1. The van der Waals surface area contributed by atoms with E-state index in [1.807, 2.05) is 17.0 Å². The van der Waals surface area contributed by atoms with E-state index in [9.17, 15) is 4.79 Å². The number of piperidine rings is 1. The molecule has 1 aliphatic carbocycles. The lowest BCUT2D eigenvalue weighted by molar-refractivity contribution is -0.134. The fourth-order valence-electron chi connectivity index (χ4n) is 4.90. The molecule has 2 heterocycles. The van der Waals surface area contributed by atoms with Crippen LogP contribution in [0.25, 0.3) is 10.9 Å². The summed E-state index contributed by atoms with van der Waals surface area (Å²) in [5, 5.41) is 1.22. The molecule has 156 valence electrons. The maximum Gasteiger partial charge on any atom is 0.260 e. The smallest absolute Gasteiger partial charge is 0.260 e. The minimum Gasteiger partial charge on any atom is -0.497 e. The fraction of sp³-hybridized carbons (Fsp3) is 0.400. The topological polar surface area (TPSA) is 54.6 Å². The van der Waals surface area contributed by atoms with Gasteiger partial charge in [0.05, 0.1) is 7.11 Å². The summed E-state index contributed by atoms with van der Waals surface area (Å²) in [5.74, 6) is 2.22. The first kappa shape index (κ1) is 19.0. The van der Waals surface area contributed by atoms with Crippen molar-refractivity contribution in [2.24, 2.45) is 0 Å². The van der Waals surface area contributed by atoms with Crippen molar-refractivity contribution in [2.75, 3.05) is 26.8 Å². The molecule has 1 N–H and O–H groups in total. The highest BCUT2D eigenvalue weighted by molar-refractivity contribution is 5.85. The monoisotopic (exact) mass is 404 g/mol. The van der Waals surface area contributed by atoms with Crippen molar-refractivity contribution in [3.8, 4) is 11.5 Å². The summed E-state index contributed by atoms with van der Waals surface area (Å²) in [6.45, 7) is 1.66. The molecule has 5 heteroatoms. The van der Waals surface area contributed by atoms with Gasteiger partial charge in [-0.05, 0) is 85.0 Å². The predicted molar refractivity (Wildman–Crippen MR) is 117 cm³/mol. The van der Waals surface area contributed by atoms with Crippen molar-refractivity contribution in [3.05, 3.63) is 59.3 Å². The SMILES string of the molecule is COc1ccc2[nH]cc(C3CCN(C(=O)COc4ccc5c(c4)CCC5)CC3)c2c1. The van der Waals surface area contributed by atoms with Crippen molar-refractivity contribution in [2.45, 2.75) is 38.0 Å². The number of carbonyl (C=O) groups is 1. The lowest BCUT2D eigenvalue weighted by Crippen LogP contribution is -2.40. The second-order valence-corrected chi connectivity index (χ2v) is 8.38. The largest absolute Gasteiger partial charge is 0.497 e. The van der Waals surface area contributed by atoms with Crippen LogP contribution in [-0.4, -0.2) is 42.6 Å². The molecule has 30 heavy (non-hydrogen) atoms. The molecule has 5 nitrogen and oxygen atoms in total. The van der Waals surface area contributed by atoms with Crippen LogP contribution in [0, 0.1) is 0 Å². The lowest BCUT2D eigenvalue weighted by Gasteiger charge is -2.32. The van der Waals surface area contributed by atoms with Crippen LogP contribution in [0.4, 0.5) is 0 Å². The van der Waals surface area contributed by atoms with Gasteiger partial charge in [-0.25, -0.2) is 0 Å². The Balaban J connectivity index is 1.18. The van der Waals surface area contributed by atoms with Crippen LogP contribution in [0.1, 0.15) is 41.9 Å². The average molecular weight is 405 g/mol. The number of likely N-dealkylation sites (tertiary alicyclic amines) is 1. The molecule has 0 spiro atoms. The molecule has 0 radical (unpaired) electrons. The second kappa shape index (κ2) is 8.05. The van der Waals surface area contributed by atoms with E-state index in [2.05, 4.69) is 35.4 Å². The number of carbonyl (C=O) groups excluding carboxylic acids is 1. The number of rotatable bonds is 5. The number of ether oxygens (including phenoxy) is 2. The molecule has 2 aliphatic rings. The lowest BCUT2D eigenvalue weighted by atomic mass is 9.89. The Kier molecular flexibility index (Phi) is 5.11. The third-order valence-corrected chi connectivity index (χ3v) is 6.64. The standard InChI is InChI=1S/C25H28N2O3/c1-29-20-7-8-24-22(14-20)23(15-26-24)18-9-11-27(12-10-18)25(28)16-30-21-6-5-17-3-2-4-19(17)13-21/h5-8,13-15,18,26H,2-4,9-12,16H2,1H3. The van der Waals surface area contributed by atoms with Crippen molar-refractivity contribution >= 4 is 16.8 Å². The van der Waals surface area contributed by atoms with Crippen molar-refractivity contribution < 1.29 is 14.3 Å². The van der Waals surface area contributed by atoms with Gasteiger partial charge >= 0.3 is 0 Å². The number of benzene rings is 2.